The Balaban J connectivity index is 2.22. The summed E-state index contributed by atoms with van der Waals surface area (Å²) in [6.07, 6.45) is 0.133. The fraction of sp³-hybridized carbons (Fsp3) is 0.375. The molecule has 1 heterocycles. The number of carbonyl (C=O) groups is 2. The molecule has 2 rings (SSSR count). The third kappa shape index (κ3) is 4.31. The molecule has 2 aromatic rings. The van der Waals surface area contributed by atoms with Crippen LogP contribution in [0.1, 0.15) is 23.0 Å². The van der Waals surface area contributed by atoms with Crippen molar-refractivity contribution in [1.29, 1.82) is 0 Å². The Hall–Kier alpha value is -1.44. The summed E-state index contributed by atoms with van der Waals surface area (Å²) in [6.45, 7) is 1.83. The topological polar surface area (TPSA) is 61.8 Å². The van der Waals surface area contributed by atoms with Crippen molar-refractivity contribution >= 4 is 49.1 Å². The fourth-order valence-corrected chi connectivity index (χ4v) is 3.72. The molecule has 0 amide bonds. The molecular formula is C16H17BrO5S. The van der Waals surface area contributed by atoms with Crippen molar-refractivity contribution in [2.24, 2.45) is 5.92 Å². The number of methoxy groups -OCH3 is 2. The van der Waals surface area contributed by atoms with Gasteiger partial charge in [0, 0.05) is 18.2 Å². The Morgan fingerprint density at radius 3 is 2.65 bits per heavy atom. The first-order valence-corrected chi connectivity index (χ1v) is 8.53. The highest BCUT2D eigenvalue weighted by Crippen LogP contribution is 2.35. The molecule has 0 radical (unpaired) electrons. The highest BCUT2D eigenvalue weighted by molar-refractivity contribution is 9.10. The molecule has 23 heavy (non-hydrogen) atoms. The summed E-state index contributed by atoms with van der Waals surface area (Å²) >= 11 is 4.84. The van der Waals surface area contributed by atoms with Crippen LogP contribution in [0.2, 0.25) is 0 Å². The zero-order valence-electron chi connectivity index (χ0n) is 13.1. The number of thiophene rings is 1. The van der Waals surface area contributed by atoms with Gasteiger partial charge in [0.05, 0.1) is 22.4 Å². The lowest BCUT2D eigenvalue weighted by molar-refractivity contribution is -0.144. The van der Waals surface area contributed by atoms with Crippen LogP contribution in [0.5, 0.6) is 5.75 Å². The molecule has 0 aliphatic rings. The summed E-state index contributed by atoms with van der Waals surface area (Å²) in [5.41, 5.74) is 0. The van der Waals surface area contributed by atoms with Crippen LogP contribution in [0.25, 0.3) is 10.1 Å². The summed E-state index contributed by atoms with van der Waals surface area (Å²) in [7, 11) is 2.87. The van der Waals surface area contributed by atoms with Crippen molar-refractivity contribution < 1.29 is 23.8 Å². The maximum atomic E-state index is 12.3. The lowest BCUT2D eigenvalue weighted by Gasteiger charge is -2.06. The van der Waals surface area contributed by atoms with E-state index in [1.165, 1.54) is 18.4 Å². The lowest BCUT2D eigenvalue weighted by atomic mass is 10.0. The predicted octanol–water partition coefficient (Wildman–Crippen LogP) is 4.03. The van der Waals surface area contributed by atoms with E-state index in [0.717, 1.165) is 14.6 Å². The molecular weight excluding hydrogens is 384 g/mol. The minimum Gasteiger partial charge on any atom is -0.469 e. The minimum absolute atomic E-state index is 0.0698. The molecule has 0 bridgehead atoms. The number of hydrogen-bond acceptors (Lipinski definition) is 6. The van der Waals surface area contributed by atoms with Gasteiger partial charge >= 0.3 is 5.97 Å². The van der Waals surface area contributed by atoms with Gasteiger partial charge in [0.1, 0.15) is 5.75 Å². The van der Waals surface area contributed by atoms with E-state index < -0.39 is 5.92 Å². The number of ketones is 1. The molecule has 1 atom stereocenters. The van der Waals surface area contributed by atoms with Gasteiger partial charge in [0.25, 0.3) is 0 Å². The maximum Gasteiger partial charge on any atom is 0.308 e. The van der Waals surface area contributed by atoms with E-state index in [-0.39, 0.29) is 25.0 Å². The maximum absolute atomic E-state index is 12.3. The first kappa shape index (κ1) is 17.9. The number of carbonyl (C=O) groups excluding carboxylic acids is 2. The van der Waals surface area contributed by atoms with E-state index in [1.807, 2.05) is 18.2 Å². The molecule has 0 aliphatic carbocycles. The standard InChI is InChI=1S/C16H17BrO5S/c1-9(16(19)21-3)4-12(18)15-6-10-5-13(22-8-20-2)11(17)7-14(10)23-15/h5-7,9H,4,8H2,1-3H3/t9-/m0/s1. The van der Waals surface area contributed by atoms with Gasteiger partial charge in [-0.3, -0.25) is 9.59 Å². The molecule has 0 N–H and O–H groups in total. The Kier molecular flexibility index (Phi) is 6.15. The Morgan fingerprint density at radius 1 is 1.26 bits per heavy atom. The number of Topliss-reactive ketones (excluding diaryl/α,β-unsaturated/α-hetero) is 1. The number of fused-ring (bicyclic) bond motifs is 1. The summed E-state index contributed by atoms with van der Waals surface area (Å²) in [5, 5.41) is 0.915. The van der Waals surface area contributed by atoms with Gasteiger partial charge in [-0.05, 0) is 39.5 Å². The predicted molar refractivity (Wildman–Crippen MR) is 92.2 cm³/mol. The third-order valence-corrected chi connectivity index (χ3v) is 5.03. The summed E-state index contributed by atoms with van der Waals surface area (Å²) in [6, 6.07) is 5.58. The van der Waals surface area contributed by atoms with Crippen LogP contribution < -0.4 is 4.74 Å². The van der Waals surface area contributed by atoms with Gasteiger partial charge in [-0.1, -0.05) is 6.92 Å². The van der Waals surface area contributed by atoms with Crippen LogP contribution in [0.15, 0.2) is 22.7 Å². The molecule has 0 saturated carbocycles. The average molecular weight is 401 g/mol. The molecule has 5 nitrogen and oxygen atoms in total. The van der Waals surface area contributed by atoms with Gasteiger partial charge in [0.15, 0.2) is 12.6 Å². The molecule has 1 aromatic carbocycles. The Morgan fingerprint density at radius 2 is 2.00 bits per heavy atom. The Labute approximate surface area is 146 Å². The van der Waals surface area contributed by atoms with Crippen molar-refractivity contribution in [2.75, 3.05) is 21.0 Å². The van der Waals surface area contributed by atoms with E-state index >= 15 is 0 Å². The van der Waals surface area contributed by atoms with Crippen molar-refractivity contribution in [1.82, 2.24) is 0 Å². The van der Waals surface area contributed by atoms with Crippen LogP contribution in [0.3, 0.4) is 0 Å². The molecule has 0 aliphatic heterocycles. The van der Waals surface area contributed by atoms with Gasteiger partial charge in [0.2, 0.25) is 0 Å². The van der Waals surface area contributed by atoms with Crippen molar-refractivity contribution in [3.63, 3.8) is 0 Å². The second-order valence-corrected chi connectivity index (χ2v) is 6.97. The Bertz CT molecular complexity index is 725. The monoisotopic (exact) mass is 400 g/mol. The zero-order chi connectivity index (χ0) is 17.0. The normalized spacial score (nSPS) is 12.2. The first-order valence-electron chi connectivity index (χ1n) is 6.92. The first-order chi connectivity index (χ1) is 11.0. The molecule has 0 fully saturated rings. The molecule has 124 valence electrons. The van der Waals surface area contributed by atoms with Crippen LogP contribution in [0.4, 0.5) is 0 Å². The average Bonchev–Trinajstić information content (AvgIpc) is 2.94. The number of hydrogen-bond donors (Lipinski definition) is 0. The van der Waals surface area contributed by atoms with Crippen LogP contribution in [-0.2, 0) is 14.3 Å². The van der Waals surface area contributed by atoms with E-state index in [9.17, 15) is 9.59 Å². The van der Waals surface area contributed by atoms with E-state index in [2.05, 4.69) is 20.7 Å². The fourth-order valence-electron chi connectivity index (χ4n) is 2.07. The van der Waals surface area contributed by atoms with E-state index in [4.69, 9.17) is 9.47 Å². The minimum atomic E-state index is -0.454. The number of rotatable bonds is 7. The molecule has 7 heteroatoms. The van der Waals surface area contributed by atoms with Crippen LogP contribution >= 0.6 is 27.3 Å². The van der Waals surface area contributed by atoms with Crippen molar-refractivity contribution in [3.05, 3.63) is 27.5 Å². The highest BCUT2D eigenvalue weighted by atomic mass is 79.9. The lowest BCUT2D eigenvalue weighted by Crippen LogP contribution is -2.16. The van der Waals surface area contributed by atoms with Crippen LogP contribution in [-0.4, -0.2) is 32.8 Å². The van der Waals surface area contributed by atoms with Gasteiger partial charge in [-0.2, -0.15) is 0 Å². The number of esters is 1. The van der Waals surface area contributed by atoms with Gasteiger partial charge in [-0.25, -0.2) is 0 Å². The number of halogens is 1. The molecule has 0 saturated heterocycles. The largest absolute Gasteiger partial charge is 0.469 e. The van der Waals surface area contributed by atoms with Crippen LogP contribution in [0, 0.1) is 5.92 Å². The second-order valence-electron chi connectivity index (χ2n) is 5.03. The molecule has 1 aromatic heterocycles. The van der Waals surface area contributed by atoms with E-state index in [0.29, 0.717) is 10.6 Å². The second kappa shape index (κ2) is 7.90. The van der Waals surface area contributed by atoms with Gasteiger partial charge < -0.3 is 14.2 Å². The van der Waals surface area contributed by atoms with Crippen molar-refractivity contribution in [3.8, 4) is 5.75 Å². The SMILES string of the molecule is COCOc1cc2cc(C(=O)C[C@H](C)C(=O)OC)sc2cc1Br. The smallest absolute Gasteiger partial charge is 0.308 e. The highest BCUT2D eigenvalue weighted by Gasteiger charge is 2.20. The third-order valence-electron chi connectivity index (χ3n) is 3.27. The molecule has 0 spiro atoms. The quantitative estimate of drug-likeness (QED) is 0.398. The van der Waals surface area contributed by atoms with Gasteiger partial charge in [-0.15, -0.1) is 11.3 Å². The number of benzene rings is 1. The summed E-state index contributed by atoms with van der Waals surface area (Å²) < 4.78 is 16.8. The number of ether oxygens (including phenoxy) is 3. The zero-order valence-corrected chi connectivity index (χ0v) is 15.5. The summed E-state index contributed by atoms with van der Waals surface area (Å²) in [5.74, 6) is -0.249. The molecule has 0 unspecified atom stereocenters. The van der Waals surface area contributed by atoms with E-state index in [1.54, 1.807) is 14.0 Å². The summed E-state index contributed by atoms with van der Waals surface area (Å²) in [4.78, 5) is 24.4. The van der Waals surface area contributed by atoms with Crippen molar-refractivity contribution in [2.45, 2.75) is 13.3 Å².